The molecule has 1 fully saturated rings. The monoisotopic (exact) mass is 327 g/mol. The predicted molar refractivity (Wildman–Crippen MR) is 92.0 cm³/mol. The molecule has 1 saturated heterocycles. The van der Waals surface area contributed by atoms with Crippen LogP contribution in [0.1, 0.15) is 29.6 Å². The largest absolute Gasteiger partial charge is 0.352 e. The summed E-state index contributed by atoms with van der Waals surface area (Å²) in [7, 11) is 1.69. The van der Waals surface area contributed by atoms with Gasteiger partial charge in [-0.3, -0.25) is 14.4 Å². The fourth-order valence-corrected chi connectivity index (χ4v) is 3.11. The number of nitrogens with zero attached hydrogens (tertiary/aromatic N) is 2. The number of carbonyl (C=O) groups excluding carboxylic acids is 2. The molecule has 126 valence electrons. The van der Waals surface area contributed by atoms with E-state index in [1.54, 1.807) is 7.05 Å². The van der Waals surface area contributed by atoms with Crippen molar-refractivity contribution in [2.75, 3.05) is 19.6 Å². The summed E-state index contributed by atoms with van der Waals surface area (Å²) < 4.78 is 1.53. The highest BCUT2D eigenvalue weighted by molar-refractivity contribution is 6.06. The van der Waals surface area contributed by atoms with E-state index in [0.717, 1.165) is 23.9 Å². The van der Waals surface area contributed by atoms with Gasteiger partial charge in [-0.05, 0) is 18.9 Å². The highest BCUT2D eigenvalue weighted by Crippen LogP contribution is 2.16. The topological polar surface area (TPSA) is 71.4 Å². The zero-order valence-corrected chi connectivity index (χ0v) is 13.7. The molecule has 2 aromatic rings. The number of carbonyl (C=O) groups is 2. The number of rotatable bonds is 5. The first-order chi connectivity index (χ1) is 11.6. The Morgan fingerprint density at radius 1 is 1.25 bits per heavy atom. The summed E-state index contributed by atoms with van der Waals surface area (Å²) in [4.78, 5) is 37.9. The highest BCUT2D eigenvalue weighted by Gasteiger charge is 2.19. The Bertz CT molecular complexity index is 841. The maximum Gasteiger partial charge on any atom is 0.252 e. The lowest BCUT2D eigenvalue weighted by molar-refractivity contribution is -0.127. The van der Waals surface area contributed by atoms with Gasteiger partial charge in [0.2, 0.25) is 5.91 Å². The quantitative estimate of drug-likeness (QED) is 0.841. The lowest BCUT2D eigenvalue weighted by atomic mass is 10.1. The summed E-state index contributed by atoms with van der Waals surface area (Å²) in [6.45, 7) is 1.95. The summed E-state index contributed by atoms with van der Waals surface area (Å²) >= 11 is 0. The molecule has 0 radical (unpaired) electrons. The number of amides is 2. The van der Waals surface area contributed by atoms with Crippen molar-refractivity contribution in [2.45, 2.75) is 19.3 Å². The molecule has 0 spiro atoms. The van der Waals surface area contributed by atoms with Crippen LogP contribution < -0.4 is 10.9 Å². The molecule has 1 aromatic carbocycles. The highest BCUT2D eigenvalue weighted by atomic mass is 16.2. The molecular weight excluding hydrogens is 306 g/mol. The Morgan fingerprint density at radius 2 is 2.04 bits per heavy atom. The smallest absolute Gasteiger partial charge is 0.252 e. The van der Waals surface area contributed by atoms with Gasteiger partial charge in [0.1, 0.15) is 0 Å². The van der Waals surface area contributed by atoms with Gasteiger partial charge in [-0.25, -0.2) is 0 Å². The van der Waals surface area contributed by atoms with Crippen LogP contribution in [0.15, 0.2) is 35.1 Å². The third-order valence-electron chi connectivity index (χ3n) is 4.46. The summed E-state index contributed by atoms with van der Waals surface area (Å²) in [5, 5.41) is 3.61. The second kappa shape index (κ2) is 6.86. The van der Waals surface area contributed by atoms with E-state index in [0.29, 0.717) is 31.5 Å². The van der Waals surface area contributed by atoms with Crippen LogP contribution in [0.3, 0.4) is 0 Å². The van der Waals surface area contributed by atoms with Gasteiger partial charge in [0.05, 0.1) is 11.1 Å². The second-order valence-electron chi connectivity index (χ2n) is 6.07. The number of para-hydroxylation sites is 1. The molecule has 0 atom stereocenters. The summed E-state index contributed by atoms with van der Waals surface area (Å²) in [5.74, 6) is -0.0597. The molecule has 24 heavy (non-hydrogen) atoms. The molecule has 6 nitrogen and oxygen atoms in total. The molecule has 1 N–H and O–H groups in total. The first-order valence-electron chi connectivity index (χ1n) is 8.22. The minimum absolute atomic E-state index is 0.193. The van der Waals surface area contributed by atoms with Crippen LogP contribution in [-0.4, -0.2) is 40.9 Å². The second-order valence-corrected chi connectivity index (χ2v) is 6.07. The summed E-state index contributed by atoms with van der Waals surface area (Å²) in [6.07, 6.45) is 2.26. The maximum atomic E-state index is 12.4. The Kier molecular flexibility index (Phi) is 4.64. The minimum atomic E-state index is -0.253. The van der Waals surface area contributed by atoms with Gasteiger partial charge in [-0.15, -0.1) is 0 Å². The molecule has 2 amide bonds. The third kappa shape index (κ3) is 3.18. The van der Waals surface area contributed by atoms with Crippen molar-refractivity contribution < 1.29 is 9.59 Å². The lowest BCUT2D eigenvalue weighted by Gasteiger charge is -2.15. The normalized spacial score (nSPS) is 14.4. The van der Waals surface area contributed by atoms with E-state index in [1.807, 2.05) is 29.2 Å². The number of aryl methyl sites for hydroxylation is 1. The number of hydrogen-bond donors (Lipinski definition) is 1. The van der Waals surface area contributed by atoms with Crippen LogP contribution in [-0.2, 0) is 11.8 Å². The van der Waals surface area contributed by atoms with Crippen molar-refractivity contribution in [1.82, 2.24) is 14.8 Å². The van der Waals surface area contributed by atoms with Crippen molar-refractivity contribution in [3.8, 4) is 0 Å². The molecule has 2 heterocycles. The number of likely N-dealkylation sites (tertiary alicyclic amines) is 1. The van der Waals surface area contributed by atoms with E-state index in [9.17, 15) is 14.4 Å². The van der Waals surface area contributed by atoms with E-state index < -0.39 is 0 Å². The molecular formula is C18H21N3O3. The average Bonchev–Trinajstić information content (AvgIpc) is 3.00. The summed E-state index contributed by atoms with van der Waals surface area (Å²) in [6, 6.07) is 8.74. The van der Waals surface area contributed by atoms with Gasteiger partial charge >= 0.3 is 0 Å². The zero-order chi connectivity index (χ0) is 17.1. The first kappa shape index (κ1) is 16.2. The van der Waals surface area contributed by atoms with Crippen LogP contribution in [0.2, 0.25) is 0 Å². The van der Waals surface area contributed by atoms with Gasteiger partial charge < -0.3 is 14.8 Å². The number of nitrogens with one attached hydrogen (secondary N) is 1. The van der Waals surface area contributed by atoms with Gasteiger partial charge in [-0.1, -0.05) is 18.2 Å². The van der Waals surface area contributed by atoms with Crippen LogP contribution in [0.5, 0.6) is 0 Å². The fraction of sp³-hybridized carbons (Fsp3) is 0.389. The van der Waals surface area contributed by atoms with Crippen molar-refractivity contribution in [2.24, 2.45) is 7.05 Å². The Balaban J connectivity index is 1.67. The van der Waals surface area contributed by atoms with Crippen molar-refractivity contribution in [3.05, 3.63) is 46.2 Å². The zero-order valence-electron chi connectivity index (χ0n) is 13.7. The SMILES string of the molecule is Cn1c(=O)cc(C(=O)NCCCN2CCCC2=O)c2ccccc21. The van der Waals surface area contributed by atoms with Gasteiger partial charge in [0.25, 0.3) is 11.5 Å². The third-order valence-corrected chi connectivity index (χ3v) is 4.46. The van der Waals surface area contributed by atoms with E-state index >= 15 is 0 Å². The van der Waals surface area contributed by atoms with E-state index in [1.165, 1.54) is 10.6 Å². The number of hydrogen-bond acceptors (Lipinski definition) is 3. The molecule has 0 saturated carbocycles. The van der Waals surface area contributed by atoms with Crippen molar-refractivity contribution in [3.63, 3.8) is 0 Å². The molecule has 6 heteroatoms. The Morgan fingerprint density at radius 3 is 2.79 bits per heavy atom. The molecule has 3 rings (SSSR count). The van der Waals surface area contributed by atoms with Crippen molar-refractivity contribution in [1.29, 1.82) is 0 Å². The van der Waals surface area contributed by atoms with E-state index in [2.05, 4.69) is 5.32 Å². The van der Waals surface area contributed by atoms with Gasteiger partial charge in [0.15, 0.2) is 0 Å². The predicted octanol–water partition coefficient (Wildman–Crippen LogP) is 1.28. The van der Waals surface area contributed by atoms with E-state index in [4.69, 9.17) is 0 Å². The Hall–Kier alpha value is -2.63. The molecule has 1 aliphatic rings. The Labute approximate surface area is 140 Å². The fourth-order valence-electron chi connectivity index (χ4n) is 3.11. The molecule has 1 aromatic heterocycles. The molecule has 0 unspecified atom stereocenters. The summed E-state index contributed by atoms with van der Waals surface area (Å²) in [5.41, 5.74) is 0.922. The van der Waals surface area contributed by atoms with Crippen LogP contribution in [0.4, 0.5) is 0 Å². The van der Waals surface area contributed by atoms with Gasteiger partial charge in [-0.2, -0.15) is 0 Å². The van der Waals surface area contributed by atoms with Crippen LogP contribution in [0, 0.1) is 0 Å². The minimum Gasteiger partial charge on any atom is -0.352 e. The number of pyridine rings is 1. The standard InChI is InChI=1S/C18H21N3O3/c1-20-15-7-3-2-6-13(15)14(12-17(20)23)18(24)19-9-5-11-21-10-4-8-16(21)22/h2-3,6-7,12H,4-5,8-11H2,1H3,(H,19,24). The van der Waals surface area contributed by atoms with Crippen LogP contribution >= 0.6 is 0 Å². The van der Waals surface area contributed by atoms with Crippen molar-refractivity contribution >= 4 is 22.7 Å². The average molecular weight is 327 g/mol. The number of benzene rings is 1. The molecule has 0 aliphatic carbocycles. The first-order valence-corrected chi connectivity index (χ1v) is 8.22. The maximum absolute atomic E-state index is 12.4. The molecule has 0 bridgehead atoms. The number of fused-ring (bicyclic) bond motifs is 1. The van der Waals surface area contributed by atoms with Gasteiger partial charge in [0, 0.05) is 44.6 Å². The van der Waals surface area contributed by atoms with Crippen LogP contribution in [0.25, 0.3) is 10.9 Å². The van der Waals surface area contributed by atoms with E-state index in [-0.39, 0.29) is 17.4 Å². The number of aromatic nitrogens is 1. The molecule has 1 aliphatic heterocycles. The lowest BCUT2D eigenvalue weighted by Crippen LogP contribution is -2.31.